The Morgan fingerprint density at radius 3 is 2.59 bits per heavy atom. The van der Waals surface area contributed by atoms with E-state index in [9.17, 15) is 14.0 Å². The van der Waals surface area contributed by atoms with E-state index in [4.69, 9.17) is 5.73 Å². The summed E-state index contributed by atoms with van der Waals surface area (Å²) in [6, 6.07) is 5.83. The van der Waals surface area contributed by atoms with Crippen molar-refractivity contribution in [1.29, 1.82) is 0 Å². The summed E-state index contributed by atoms with van der Waals surface area (Å²) in [7, 11) is 0. The number of carbonyl (C=O) groups excluding carboxylic acids is 2. The molecule has 0 saturated carbocycles. The number of carbonyl (C=O) groups is 2. The predicted octanol–water partition coefficient (Wildman–Crippen LogP) is 2.62. The number of hydrogen-bond donors (Lipinski definition) is 1. The number of rotatable bonds is 4. The molecular formula is C15H18ClFN2O3. The molecule has 0 spiro atoms. The first-order chi connectivity index (χ1) is 9.97. The molecule has 2 atom stereocenters. The van der Waals surface area contributed by atoms with Crippen molar-refractivity contribution in [1.82, 2.24) is 4.57 Å². The topological polar surface area (TPSA) is 74.3 Å². The second-order valence-electron chi connectivity index (χ2n) is 4.67. The standard InChI is InChI=1S/C15H17FN2O3.ClH/c1-3-21-15(20)13(16)14(17)11-8-18(9(2)19)12-7-5-4-6-10(11)12;/h4-8,13-14H,3,17H2,1-2H3;1H/t13?,14-;/m0./s1. The van der Waals surface area contributed by atoms with E-state index in [1.54, 1.807) is 31.2 Å². The zero-order valence-corrected chi connectivity index (χ0v) is 13.1. The fourth-order valence-corrected chi connectivity index (χ4v) is 2.26. The van der Waals surface area contributed by atoms with Crippen molar-refractivity contribution in [2.24, 2.45) is 5.73 Å². The van der Waals surface area contributed by atoms with Crippen LogP contribution >= 0.6 is 12.4 Å². The number of esters is 1. The van der Waals surface area contributed by atoms with Crippen LogP contribution in [0.15, 0.2) is 30.5 Å². The van der Waals surface area contributed by atoms with Gasteiger partial charge < -0.3 is 10.5 Å². The summed E-state index contributed by atoms with van der Waals surface area (Å²) in [5, 5.41) is 0.646. The Labute approximate surface area is 133 Å². The van der Waals surface area contributed by atoms with Crippen molar-refractivity contribution in [2.45, 2.75) is 26.1 Å². The molecule has 7 heteroatoms. The van der Waals surface area contributed by atoms with Crippen LogP contribution in [0.3, 0.4) is 0 Å². The maximum Gasteiger partial charge on any atom is 0.342 e. The van der Waals surface area contributed by atoms with Gasteiger partial charge in [0.05, 0.1) is 18.2 Å². The molecule has 0 radical (unpaired) electrons. The van der Waals surface area contributed by atoms with Gasteiger partial charge in [-0.05, 0) is 18.6 Å². The number of ether oxygens (including phenoxy) is 1. The van der Waals surface area contributed by atoms with E-state index in [1.807, 2.05) is 0 Å². The first kappa shape index (κ1) is 18.1. The smallest absolute Gasteiger partial charge is 0.342 e. The van der Waals surface area contributed by atoms with Crippen LogP contribution in [0.25, 0.3) is 10.9 Å². The third-order valence-electron chi connectivity index (χ3n) is 3.27. The zero-order chi connectivity index (χ0) is 15.6. The first-order valence-corrected chi connectivity index (χ1v) is 6.64. The van der Waals surface area contributed by atoms with Gasteiger partial charge >= 0.3 is 5.97 Å². The summed E-state index contributed by atoms with van der Waals surface area (Å²) >= 11 is 0. The minimum atomic E-state index is -1.98. The number of nitrogens with two attached hydrogens (primary N) is 1. The van der Waals surface area contributed by atoms with Gasteiger partial charge in [0.1, 0.15) is 0 Å². The molecule has 0 aliphatic carbocycles. The van der Waals surface area contributed by atoms with Gasteiger partial charge in [-0.2, -0.15) is 0 Å². The van der Waals surface area contributed by atoms with Crippen LogP contribution in [0.1, 0.15) is 30.2 Å². The van der Waals surface area contributed by atoms with Gasteiger partial charge in [-0.15, -0.1) is 12.4 Å². The number of fused-ring (bicyclic) bond motifs is 1. The third kappa shape index (κ3) is 3.28. The quantitative estimate of drug-likeness (QED) is 0.875. The Hall–Kier alpha value is -1.92. The van der Waals surface area contributed by atoms with Crippen LogP contribution in [0.4, 0.5) is 4.39 Å². The number of alkyl halides is 1. The minimum Gasteiger partial charge on any atom is -0.464 e. The van der Waals surface area contributed by atoms with Crippen LogP contribution in [0.2, 0.25) is 0 Å². The molecule has 0 fully saturated rings. The van der Waals surface area contributed by atoms with Crippen LogP contribution in [0.5, 0.6) is 0 Å². The van der Waals surface area contributed by atoms with Gasteiger partial charge in [-0.1, -0.05) is 18.2 Å². The number of hydrogen-bond acceptors (Lipinski definition) is 4. The molecule has 0 amide bonds. The minimum absolute atomic E-state index is 0. The van der Waals surface area contributed by atoms with Crippen molar-refractivity contribution in [2.75, 3.05) is 6.61 Å². The van der Waals surface area contributed by atoms with Crippen molar-refractivity contribution in [3.05, 3.63) is 36.0 Å². The molecule has 0 aliphatic rings. The summed E-state index contributed by atoms with van der Waals surface area (Å²) in [6.07, 6.45) is -0.500. The number of benzene rings is 1. The molecule has 2 rings (SSSR count). The second-order valence-corrected chi connectivity index (χ2v) is 4.67. The lowest BCUT2D eigenvalue weighted by Gasteiger charge is -2.14. The summed E-state index contributed by atoms with van der Waals surface area (Å²) in [6.45, 7) is 3.08. The molecule has 1 unspecified atom stereocenters. The lowest BCUT2D eigenvalue weighted by Crippen LogP contribution is -2.31. The van der Waals surface area contributed by atoms with Gasteiger partial charge in [-0.3, -0.25) is 9.36 Å². The second kappa shape index (κ2) is 7.38. The molecule has 0 bridgehead atoms. The molecule has 0 saturated heterocycles. The van der Waals surface area contributed by atoms with Crippen molar-refractivity contribution < 1.29 is 18.7 Å². The average Bonchev–Trinajstić information content (AvgIpc) is 2.85. The molecule has 0 aliphatic heterocycles. The summed E-state index contributed by atoms with van der Waals surface area (Å²) in [5.41, 5.74) is 6.88. The molecule has 22 heavy (non-hydrogen) atoms. The maximum atomic E-state index is 14.1. The molecule has 2 aromatic rings. The Morgan fingerprint density at radius 1 is 1.36 bits per heavy atom. The number of nitrogens with zero attached hydrogens (tertiary/aromatic N) is 1. The van der Waals surface area contributed by atoms with E-state index >= 15 is 0 Å². The molecule has 1 heterocycles. The first-order valence-electron chi connectivity index (χ1n) is 6.64. The van der Waals surface area contributed by atoms with Crippen LogP contribution < -0.4 is 5.73 Å². The largest absolute Gasteiger partial charge is 0.464 e. The highest BCUT2D eigenvalue weighted by molar-refractivity contribution is 5.94. The molecule has 2 N–H and O–H groups in total. The molecular weight excluding hydrogens is 311 g/mol. The number of halogens is 2. The summed E-state index contributed by atoms with van der Waals surface area (Å²) < 4.78 is 20.1. The molecule has 1 aromatic carbocycles. The number of aromatic nitrogens is 1. The van der Waals surface area contributed by atoms with Gasteiger partial charge in [-0.25, -0.2) is 9.18 Å². The van der Waals surface area contributed by atoms with Crippen molar-refractivity contribution >= 4 is 35.2 Å². The SMILES string of the molecule is CCOC(=O)C(F)[C@@H](N)c1cn(C(C)=O)c2ccccc12.Cl. The predicted molar refractivity (Wildman–Crippen MR) is 83.9 cm³/mol. The van der Waals surface area contributed by atoms with Crippen LogP contribution in [-0.2, 0) is 9.53 Å². The summed E-state index contributed by atoms with van der Waals surface area (Å²) in [5.74, 6) is -1.21. The maximum absolute atomic E-state index is 14.1. The third-order valence-corrected chi connectivity index (χ3v) is 3.27. The average molecular weight is 329 g/mol. The lowest BCUT2D eigenvalue weighted by atomic mass is 10.0. The zero-order valence-electron chi connectivity index (χ0n) is 12.3. The van der Waals surface area contributed by atoms with E-state index < -0.39 is 18.2 Å². The van der Waals surface area contributed by atoms with Crippen molar-refractivity contribution in [3.8, 4) is 0 Å². The van der Waals surface area contributed by atoms with E-state index in [0.717, 1.165) is 0 Å². The molecule has 5 nitrogen and oxygen atoms in total. The van der Waals surface area contributed by atoms with E-state index in [0.29, 0.717) is 16.5 Å². The highest BCUT2D eigenvalue weighted by Gasteiger charge is 2.30. The summed E-state index contributed by atoms with van der Waals surface area (Å²) in [4.78, 5) is 23.1. The number of para-hydroxylation sites is 1. The molecule has 1 aromatic heterocycles. The normalized spacial score (nSPS) is 13.3. The fraction of sp³-hybridized carbons (Fsp3) is 0.333. The molecule has 120 valence electrons. The Bertz CT molecular complexity index is 686. The monoisotopic (exact) mass is 328 g/mol. The highest BCUT2D eigenvalue weighted by atomic mass is 35.5. The Morgan fingerprint density at radius 2 is 2.00 bits per heavy atom. The van der Waals surface area contributed by atoms with E-state index in [-0.39, 0.29) is 24.9 Å². The highest BCUT2D eigenvalue weighted by Crippen LogP contribution is 2.28. The Balaban J connectivity index is 0.00000242. The van der Waals surface area contributed by atoms with Gasteiger partial charge in [0, 0.05) is 18.5 Å². The Kier molecular flexibility index (Phi) is 6.08. The van der Waals surface area contributed by atoms with Crippen LogP contribution in [0, 0.1) is 0 Å². The van der Waals surface area contributed by atoms with Gasteiger partial charge in [0.25, 0.3) is 0 Å². The van der Waals surface area contributed by atoms with Crippen LogP contribution in [-0.4, -0.2) is 29.2 Å². The lowest BCUT2D eigenvalue weighted by molar-refractivity contribution is -0.149. The van der Waals surface area contributed by atoms with Gasteiger partial charge in [0.15, 0.2) is 0 Å². The van der Waals surface area contributed by atoms with E-state index in [2.05, 4.69) is 4.74 Å². The van der Waals surface area contributed by atoms with Crippen molar-refractivity contribution in [3.63, 3.8) is 0 Å². The van der Waals surface area contributed by atoms with Gasteiger partial charge in [0.2, 0.25) is 12.1 Å². The van der Waals surface area contributed by atoms with E-state index in [1.165, 1.54) is 17.7 Å². The fourth-order valence-electron chi connectivity index (χ4n) is 2.26.